The van der Waals surface area contributed by atoms with Crippen molar-refractivity contribution in [1.29, 1.82) is 0 Å². The Labute approximate surface area is 232 Å². The lowest BCUT2D eigenvalue weighted by Gasteiger charge is -2.37. The van der Waals surface area contributed by atoms with E-state index in [-0.39, 0.29) is 30.4 Å². The van der Waals surface area contributed by atoms with E-state index in [2.05, 4.69) is 16.0 Å². The molecule has 3 amide bonds. The third-order valence-corrected chi connectivity index (χ3v) is 6.98. The molecule has 2 fully saturated rings. The van der Waals surface area contributed by atoms with Gasteiger partial charge in [0.1, 0.15) is 0 Å². The average molecular weight is 590 g/mol. The highest BCUT2D eigenvalue weighted by molar-refractivity contribution is 6.31. The first-order valence-electron chi connectivity index (χ1n) is 12.7. The second-order valence-corrected chi connectivity index (χ2v) is 10.0. The molecule has 0 radical (unpaired) electrons. The molecule has 0 aromatic heterocycles. The Kier molecular flexibility index (Phi) is 9.69. The van der Waals surface area contributed by atoms with E-state index >= 15 is 0 Å². The van der Waals surface area contributed by atoms with Crippen molar-refractivity contribution >= 4 is 34.9 Å². The van der Waals surface area contributed by atoms with Gasteiger partial charge >= 0.3 is 12.2 Å². The normalized spacial score (nSPS) is 18.1. The third-order valence-electron chi connectivity index (χ3n) is 6.74. The number of anilines is 2. The van der Waals surface area contributed by atoms with Gasteiger partial charge in [0.15, 0.2) is 11.6 Å². The first-order valence-corrected chi connectivity index (χ1v) is 13.1. The van der Waals surface area contributed by atoms with Crippen molar-refractivity contribution in [1.82, 2.24) is 15.5 Å². The van der Waals surface area contributed by atoms with Crippen molar-refractivity contribution in [2.75, 3.05) is 56.2 Å². The number of amides is 3. The topological polar surface area (TPSA) is 85.9 Å². The molecule has 0 spiro atoms. The zero-order valence-electron chi connectivity index (χ0n) is 21.4. The van der Waals surface area contributed by atoms with Gasteiger partial charge in [0.05, 0.1) is 36.0 Å². The molecular formula is C26H29ClF5N5O3. The van der Waals surface area contributed by atoms with Crippen molar-refractivity contribution < 1.29 is 36.3 Å². The monoisotopic (exact) mass is 589 g/mol. The van der Waals surface area contributed by atoms with Crippen LogP contribution in [0.4, 0.5) is 38.1 Å². The standard InChI is InChI=1S/C26H29ClF5N5O3/c27-17-2-4-20(21(13-17)37-10-8-36(9-11-37)7-6-26(30,31)32)35-24(38)19-3-1-16(22(28)23(19)29)14-33-25(39)34-18-5-12-40-15-18/h1-4,13,18H,5-12,14-15H2,(H,35,38)(H2,33,34,39). The molecule has 2 saturated heterocycles. The summed E-state index contributed by atoms with van der Waals surface area (Å²) < 4.78 is 72.5. The number of halogens is 6. The van der Waals surface area contributed by atoms with Crippen molar-refractivity contribution in [3.05, 3.63) is 58.1 Å². The number of hydrogen-bond acceptors (Lipinski definition) is 5. The number of ether oxygens (including phenoxy) is 1. The lowest BCUT2D eigenvalue weighted by Crippen LogP contribution is -2.47. The van der Waals surface area contributed by atoms with Gasteiger partial charge < -0.3 is 25.6 Å². The van der Waals surface area contributed by atoms with Crippen LogP contribution in [-0.2, 0) is 11.3 Å². The van der Waals surface area contributed by atoms with E-state index in [0.717, 1.165) is 6.07 Å². The molecule has 0 saturated carbocycles. The third kappa shape index (κ3) is 7.95. The minimum atomic E-state index is -4.23. The molecule has 2 aliphatic rings. The number of benzene rings is 2. The molecule has 14 heteroatoms. The Hall–Kier alpha value is -3.16. The lowest BCUT2D eigenvalue weighted by atomic mass is 10.1. The molecule has 1 atom stereocenters. The maximum atomic E-state index is 14.9. The van der Waals surface area contributed by atoms with Crippen LogP contribution < -0.4 is 20.9 Å². The molecule has 2 aromatic rings. The fraction of sp³-hybridized carbons (Fsp3) is 0.462. The number of carbonyl (C=O) groups excluding carboxylic acids is 2. The molecule has 1 unspecified atom stereocenters. The van der Waals surface area contributed by atoms with Crippen molar-refractivity contribution in [2.24, 2.45) is 0 Å². The number of nitrogens with zero attached hydrogens (tertiary/aromatic N) is 2. The van der Waals surface area contributed by atoms with Crippen LogP contribution in [0.15, 0.2) is 30.3 Å². The zero-order chi connectivity index (χ0) is 28.9. The van der Waals surface area contributed by atoms with Crippen LogP contribution >= 0.6 is 11.6 Å². The average Bonchev–Trinajstić information content (AvgIpc) is 3.42. The summed E-state index contributed by atoms with van der Waals surface area (Å²) in [6.07, 6.45) is -4.47. The summed E-state index contributed by atoms with van der Waals surface area (Å²) >= 11 is 6.16. The van der Waals surface area contributed by atoms with Crippen LogP contribution in [0.5, 0.6) is 0 Å². The predicted molar refractivity (Wildman–Crippen MR) is 140 cm³/mol. The maximum absolute atomic E-state index is 14.9. The highest BCUT2D eigenvalue weighted by atomic mass is 35.5. The zero-order valence-corrected chi connectivity index (χ0v) is 22.2. The number of hydrogen-bond donors (Lipinski definition) is 3. The number of alkyl halides is 3. The number of nitrogens with one attached hydrogen (secondary N) is 3. The van der Waals surface area contributed by atoms with Crippen LogP contribution in [0, 0.1) is 11.6 Å². The second kappa shape index (κ2) is 13.0. The Morgan fingerprint density at radius 2 is 1.80 bits per heavy atom. The predicted octanol–water partition coefficient (Wildman–Crippen LogP) is 4.53. The maximum Gasteiger partial charge on any atom is 0.390 e. The van der Waals surface area contributed by atoms with Crippen molar-refractivity contribution in [3.8, 4) is 0 Å². The molecule has 3 N–H and O–H groups in total. The molecule has 2 aromatic carbocycles. The quantitative estimate of drug-likeness (QED) is 0.394. The highest BCUT2D eigenvalue weighted by Crippen LogP contribution is 2.31. The summed E-state index contributed by atoms with van der Waals surface area (Å²) in [5, 5.41) is 8.09. The van der Waals surface area contributed by atoms with Gasteiger partial charge in [-0.3, -0.25) is 9.69 Å². The fourth-order valence-corrected chi connectivity index (χ4v) is 4.69. The summed E-state index contributed by atoms with van der Waals surface area (Å²) in [7, 11) is 0. The van der Waals surface area contributed by atoms with Crippen LogP contribution in [0.1, 0.15) is 28.8 Å². The van der Waals surface area contributed by atoms with Gasteiger partial charge in [-0.25, -0.2) is 13.6 Å². The molecule has 40 heavy (non-hydrogen) atoms. The molecule has 4 rings (SSSR count). The van der Waals surface area contributed by atoms with Crippen LogP contribution in [-0.4, -0.2) is 75.0 Å². The van der Waals surface area contributed by atoms with Gasteiger partial charge in [-0.05, 0) is 30.7 Å². The van der Waals surface area contributed by atoms with E-state index in [4.69, 9.17) is 16.3 Å². The first-order chi connectivity index (χ1) is 19.0. The van der Waals surface area contributed by atoms with Crippen molar-refractivity contribution in [3.63, 3.8) is 0 Å². The van der Waals surface area contributed by atoms with E-state index in [0.29, 0.717) is 56.5 Å². The molecule has 218 valence electrons. The van der Waals surface area contributed by atoms with E-state index in [9.17, 15) is 31.5 Å². The first kappa shape index (κ1) is 29.8. The molecule has 8 nitrogen and oxygen atoms in total. The lowest BCUT2D eigenvalue weighted by molar-refractivity contribution is -0.138. The van der Waals surface area contributed by atoms with Gasteiger partial charge in [0, 0.05) is 56.5 Å². The summed E-state index contributed by atoms with van der Waals surface area (Å²) in [6.45, 7) is 2.03. The van der Waals surface area contributed by atoms with Gasteiger partial charge in [-0.15, -0.1) is 0 Å². The minimum Gasteiger partial charge on any atom is -0.379 e. The minimum absolute atomic E-state index is 0.104. The Morgan fingerprint density at radius 3 is 2.48 bits per heavy atom. The number of piperazine rings is 1. The van der Waals surface area contributed by atoms with Crippen LogP contribution in [0.2, 0.25) is 5.02 Å². The molecule has 2 heterocycles. The SMILES string of the molecule is O=C(NCc1ccc(C(=O)Nc2ccc(Cl)cc2N2CCN(CCC(F)(F)F)CC2)c(F)c1F)NC1CCOC1. The Balaban J connectivity index is 1.39. The Bertz CT molecular complexity index is 1220. The summed E-state index contributed by atoms with van der Waals surface area (Å²) in [5.41, 5.74) is 0.127. The molecule has 0 bridgehead atoms. The van der Waals surface area contributed by atoms with E-state index in [1.807, 2.05) is 4.90 Å². The Morgan fingerprint density at radius 1 is 1.05 bits per heavy atom. The van der Waals surface area contributed by atoms with Gasteiger partial charge in [0.2, 0.25) is 0 Å². The smallest absolute Gasteiger partial charge is 0.379 e. The van der Waals surface area contributed by atoms with Gasteiger partial charge in [-0.1, -0.05) is 17.7 Å². The second-order valence-electron chi connectivity index (χ2n) is 9.60. The number of rotatable bonds is 8. The number of urea groups is 1. The molecule has 0 aliphatic carbocycles. The van der Waals surface area contributed by atoms with Crippen LogP contribution in [0.3, 0.4) is 0 Å². The summed E-state index contributed by atoms with van der Waals surface area (Å²) in [6, 6.07) is 6.28. The molecular weight excluding hydrogens is 561 g/mol. The summed E-state index contributed by atoms with van der Waals surface area (Å²) in [4.78, 5) is 28.5. The van der Waals surface area contributed by atoms with Crippen LogP contribution in [0.25, 0.3) is 0 Å². The number of carbonyl (C=O) groups is 2. The fourth-order valence-electron chi connectivity index (χ4n) is 4.52. The highest BCUT2D eigenvalue weighted by Gasteiger charge is 2.29. The summed E-state index contributed by atoms with van der Waals surface area (Å²) in [5.74, 6) is -3.53. The van der Waals surface area contributed by atoms with E-state index in [1.165, 1.54) is 18.2 Å². The van der Waals surface area contributed by atoms with Gasteiger partial charge in [0.25, 0.3) is 5.91 Å². The van der Waals surface area contributed by atoms with Gasteiger partial charge in [-0.2, -0.15) is 13.2 Å². The molecule has 2 aliphatic heterocycles. The van der Waals surface area contributed by atoms with Crippen molar-refractivity contribution in [2.45, 2.75) is 31.6 Å². The largest absolute Gasteiger partial charge is 0.390 e. The van der Waals surface area contributed by atoms with E-state index in [1.54, 1.807) is 11.0 Å². The van der Waals surface area contributed by atoms with E-state index < -0.39 is 41.7 Å².